The van der Waals surface area contributed by atoms with Crippen LogP contribution < -0.4 is 10.6 Å². The molecule has 0 aliphatic carbocycles. The Morgan fingerprint density at radius 2 is 1.69 bits per heavy atom. The fourth-order valence-corrected chi connectivity index (χ4v) is 3.68. The molecule has 0 amide bonds. The van der Waals surface area contributed by atoms with E-state index in [0.29, 0.717) is 22.6 Å². The van der Waals surface area contributed by atoms with Crippen molar-refractivity contribution in [2.45, 2.75) is 24.8 Å². The van der Waals surface area contributed by atoms with Crippen molar-refractivity contribution in [3.05, 3.63) is 65.5 Å². The summed E-state index contributed by atoms with van der Waals surface area (Å²) in [4.78, 5) is 4.64. The van der Waals surface area contributed by atoms with E-state index in [4.69, 9.17) is 15.0 Å². The second-order valence-corrected chi connectivity index (χ2v) is 7.52. The van der Waals surface area contributed by atoms with E-state index in [1.807, 2.05) is 55.5 Å². The molecule has 7 nitrogen and oxygen atoms in total. The van der Waals surface area contributed by atoms with Crippen LogP contribution in [-0.2, 0) is 5.75 Å². The maximum atomic E-state index is 6.21. The molecule has 2 N–H and O–H groups in total. The lowest BCUT2D eigenvalue weighted by Gasteiger charge is -2.04. The first-order valence-corrected chi connectivity index (χ1v) is 10.0. The van der Waals surface area contributed by atoms with Crippen LogP contribution in [0.3, 0.4) is 0 Å². The van der Waals surface area contributed by atoms with Gasteiger partial charge in [0, 0.05) is 16.9 Å². The van der Waals surface area contributed by atoms with E-state index in [-0.39, 0.29) is 0 Å². The Bertz CT molecular complexity index is 1120. The van der Waals surface area contributed by atoms with Gasteiger partial charge in [0.1, 0.15) is 11.5 Å². The number of hydrogen-bond donors (Lipinski definition) is 1. The first kappa shape index (κ1) is 19.1. The minimum atomic E-state index is 0.582. The number of ether oxygens (including phenoxy) is 1. The smallest absolute Gasteiger partial charge is 0.226 e. The number of benzene rings is 2. The number of aromatic nitrogens is 4. The van der Waals surface area contributed by atoms with E-state index < -0.39 is 0 Å². The predicted molar refractivity (Wildman–Crippen MR) is 113 cm³/mol. The zero-order valence-electron chi connectivity index (χ0n) is 16.4. The van der Waals surface area contributed by atoms with Crippen molar-refractivity contribution in [3.8, 4) is 28.6 Å². The summed E-state index contributed by atoms with van der Waals surface area (Å²) >= 11 is 1.47. The Morgan fingerprint density at radius 1 is 1.00 bits per heavy atom. The number of nitrogens with two attached hydrogens (primary N) is 1. The van der Waals surface area contributed by atoms with E-state index in [2.05, 4.69) is 22.1 Å². The molecule has 0 unspecified atom stereocenters. The first-order valence-electron chi connectivity index (χ1n) is 9.06. The van der Waals surface area contributed by atoms with Crippen LogP contribution in [0.1, 0.15) is 17.0 Å². The second-order valence-electron chi connectivity index (χ2n) is 6.58. The number of methoxy groups -OCH3 is 1. The molecule has 0 radical (unpaired) electrons. The van der Waals surface area contributed by atoms with Gasteiger partial charge in [0.25, 0.3) is 0 Å². The minimum absolute atomic E-state index is 0.582. The predicted octanol–water partition coefficient (Wildman–Crippen LogP) is 4.23. The van der Waals surface area contributed by atoms with Gasteiger partial charge in [-0.2, -0.15) is 0 Å². The fourth-order valence-electron chi connectivity index (χ4n) is 2.83. The summed E-state index contributed by atoms with van der Waals surface area (Å²) in [6.07, 6.45) is 0. The molecule has 2 aromatic heterocycles. The molecule has 4 aromatic rings. The lowest BCUT2D eigenvalue weighted by atomic mass is 10.1. The van der Waals surface area contributed by atoms with Crippen molar-refractivity contribution >= 4 is 11.8 Å². The zero-order chi connectivity index (χ0) is 20.4. The Balaban J connectivity index is 1.49. The van der Waals surface area contributed by atoms with Gasteiger partial charge in [0.2, 0.25) is 11.0 Å². The second kappa shape index (κ2) is 8.00. The molecule has 4 rings (SSSR count). The van der Waals surface area contributed by atoms with Crippen molar-refractivity contribution in [1.82, 2.24) is 19.9 Å². The van der Waals surface area contributed by atoms with Crippen LogP contribution in [0.5, 0.6) is 5.75 Å². The largest absolute Gasteiger partial charge is 0.497 e. The highest BCUT2D eigenvalue weighted by molar-refractivity contribution is 7.98. The highest BCUT2D eigenvalue weighted by atomic mass is 32.2. The molecule has 2 aromatic carbocycles. The molecule has 29 heavy (non-hydrogen) atoms. The van der Waals surface area contributed by atoms with Gasteiger partial charge in [0.15, 0.2) is 5.82 Å². The quantitative estimate of drug-likeness (QED) is 0.378. The highest BCUT2D eigenvalue weighted by Crippen LogP contribution is 2.28. The Hall–Kier alpha value is -3.26. The molecule has 0 bridgehead atoms. The van der Waals surface area contributed by atoms with Gasteiger partial charge in [-0.15, -0.1) is 10.2 Å². The minimum Gasteiger partial charge on any atom is -0.497 e. The van der Waals surface area contributed by atoms with Gasteiger partial charge >= 0.3 is 0 Å². The standard InChI is InChI=1S/C21H21N5O2S/c1-13-4-6-16(7-5-13)20-23-18(14(2)28-20)12-29-21-25-24-19(26(21)22)15-8-10-17(27-3)11-9-15/h4-11H,12,22H2,1-3H3. The van der Waals surface area contributed by atoms with E-state index in [9.17, 15) is 0 Å². The highest BCUT2D eigenvalue weighted by Gasteiger charge is 2.16. The number of nitrogen functional groups attached to an aromatic ring is 1. The lowest BCUT2D eigenvalue weighted by molar-refractivity contribution is 0.415. The molecular formula is C21H21N5O2S. The van der Waals surface area contributed by atoms with Crippen LogP contribution in [0.4, 0.5) is 0 Å². The van der Waals surface area contributed by atoms with Crippen molar-refractivity contribution in [3.63, 3.8) is 0 Å². The number of rotatable bonds is 6. The van der Waals surface area contributed by atoms with Crippen molar-refractivity contribution in [2.24, 2.45) is 0 Å². The molecular weight excluding hydrogens is 386 g/mol. The third-order valence-corrected chi connectivity index (χ3v) is 5.50. The van der Waals surface area contributed by atoms with Crippen LogP contribution in [-0.4, -0.2) is 27.0 Å². The molecule has 0 saturated heterocycles. The summed E-state index contributed by atoms with van der Waals surface area (Å²) in [5, 5.41) is 9.04. The van der Waals surface area contributed by atoms with Gasteiger partial charge in [0.05, 0.1) is 12.8 Å². The van der Waals surface area contributed by atoms with Gasteiger partial charge < -0.3 is 15.0 Å². The van der Waals surface area contributed by atoms with Crippen LogP contribution >= 0.6 is 11.8 Å². The fraction of sp³-hybridized carbons (Fsp3) is 0.190. The third kappa shape index (κ3) is 3.97. The van der Waals surface area contributed by atoms with Crippen LogP contribution in [0, 0.1) is 13.8 Å². The monoisotopic (exact) mass is 407 g/mol. The number of aryl methyl sites for hydroxylation is 2. The van der Waals surface area contributed by atoms with Gasteiger partial charge in [-0.25, -0.2) is 9.66 Å². The van der Waals surface area contributed by atoms with E-state index in [1.165, 1.54) is 22.0 Å². The first-order chi connectivity index (χ1) is 14.0. The lowest BCUT2D eigenvalue weighted by Crippen LogP contribution is -2.11. The molecule has 0 saturated carbocycles. The Kier molecular flexibility index (Phi) is 5.26. The van der Waals surface area contributed by atoms with Gasteiger partial charge in [-0.3, -0.25) is 0 Å². The Morgan fingerprint density at radius 3 is 2.38 bits per heavy atom. The van der Waals surface area contributed by atoms with Crippen LogP contribution in [0.25, 0.3) is 22.8 Å². The molecule has 148 valence electrons. The topological polar surface area (TPSA) is 92.0 Å². The van der Waals surface area contributed by atoms with Gasteiger partial charge in [-0.1, -0.05) is 29.5 Å². The summed E-state index contributed by atoms with van der Waals surface area (Å²) in [7, 11) is 1.63. The number of hydrogen-bond acceptors (Lipinski definition) is 7. The molecule has 0 fully saturated rings. The third-order valence-electron chi connectivity index (χ3n) is 4.54. The number of oxazole rings is 1. The van der Waals surface area contributed by atoms with Gasteiger partial charge in [-0.05, 0) is 50.2 Å². The van der Waals surface area contributed by atoms with Crippen LogP contribution in [0.2, 0.25) is 0 Å². The van der Waals surface area contributed by atoms with Crippen molar-refractivity contribution < 1.29 is 9.15 Å². The zero-order valence-corrected chi connectivity index (χ0v) is 17.2. The van der Waals surface area contributed by atoms with E-state index in [1.54, 1.807) is 7.11 Å². The molecule has 0 spiro atoms. The number of thioether (sulfide) groups is 1. The maximum Gasteiger partial charge on any atom is 0.226 e. The molecule has 8 heteroatoms. The summed E-state index contributed by atoms with van der Waals surface area (Å²) in [6, 6.07) is 15.6. The normalized spacial score (nSPS) is 11.0. The average molecular weight is 407 g/mol. The van der Waals surface area contributed by atoms with Crippen LogP contribution in [0.15, 0.2) is 58.1 Å². The Labute approximate surface area is 172 Å². The molecule has 0 atom stereocenters. The van der Waals surface area contributed by atoms with Crippen molar-refractivity contribution in [2.75, 3.05) is 13.0 Å². The molecule has 0 aliphatic rings. The number of nitrogens with zero attached hydrogens (tertiary/aromatic N) is 4. The summed E-state index contributed by atoms with van der Waals surface area (Å²) < 4.78 is 12.5. The van der Waals surface area contributed by atoms with Crippen molar-refractivity contribution in [1.29, 1.82) is 0 Å². The molecule has 0 aliphatic heterocycles. The van der Waals surface area contributed by atoms with E-state index >= 15 is 0 Å². The SMILES string of the molecule is COc1ccc(-c2nnc(SCc3nc(-c4ccc(C)cc4)oc3C)n2N)cc1. The molecule has 2 heterocycles. The van der Waals surface area contributed by atoms with E-state index in [0.717, 1.165) is 28.3 Å². The summed E-state index contributed by atoms with van der Waals surface area (Å²) in [5.41, 5.74) is 3.88. The average Bonchev–Trinajstić information content (AvgIpc) is 3.29. The summed E-state index contributed by atoms with van der Waals surface area (Å²) in [6.45, 7) is 3.96. The summed E-state index contributed by atoms with van der Waals surface area (Å²) in [5.74, 6) is 9.56. The maximum absolute atomic E-state index is 6.21.